The Morgan fingerprint density at radius 2 is 1.93 bits per heavy atom. The third-order valence-corrected chi connectivity index (χ3v) is 4.35. The maximum Gasteiger partial charge on any atom is 0.410 e. The predicted octanol–water partition coefficient (Wildman–Crippen LogP) is 4.04. The standard InChI is InChI=1S/C20H29FN2O4/c1-20(2,3)27-18(24)22-16-10-7-11-17(16)23(13-12-21)19(25)26-14-15-8-5-4-6-9-15/h4-6,8-9,16-17H,7,10-14H2,1-3H3,(H,22,24)/t16-,17-/m0/s1. The van der Waals surface area contributed by atoms with Gasteiger partial charge in [-0.15, -0.1) is 0 Å². The average Bonchev–Trinajstić information content (AvgIpc) is 3.04. The highest BCUT2D eigenvalue weighted by Crippen LogP contribution is 2.25. The fraction of sp³-hybridized carbons (Fsp3) is 0.600. The fourth-order valence-electron chi connectivity index (χ4n) is 3.23. The van der Waals surface area contributed by atoms with Gasteiger partial charge in [0.05, 0.1) is 18.6 Å². The summed E-state index contributed by atoms with van der Waals surface area (Å²) in [6.45, 7) is 4.75. The molecule has 150 valence electrons. The molecule has 1 aromatic carbocycles. The summed E-state index contributed by atoms with van der Waals surface area (Å²) in [7, 11) is 0. The summed E-state index contributed by atoms with van der Waals surface area (Å²) >= 11 is 0. The van der Waals surface area contributed by atoms with Gasteiger partial charge in [-0.25, -0.2) is 14.0 Å². The van der Waals surface area contributed by atoms with Crippen LogP contribution in [-0.4, -0.2) is 48.0 Å². The number of hydrogen-bond acceptors (Lipinski definition) is 4. The Morgan fingerprint density at radius 3 is 2.56 bits per heavy atom. The van der Waals surface area contributed by atoms with E-state index in [1.807, 2.05) is 30.3 Å². The molecule has 0 heterocycles. The highest BCUT2D eigenvalue weighted by Gasteiger charge is 2.37. The Hall–Kier alpha value is -2.31. The number of hydrogen-bond donors (Lipinski definition) is 1. The van der Waals surface area contributed by atoms with E-state index in [-0.39, 0.29) is 25.2 Å². The molecule has 1 saturated carbocycles. The molecule has 1 aromatic rings. The van der Waals surface area contributed by atoms with Crippen molar-refractivity contribution in [2.45, 2.75) is 64.3 Å². The van der Waals surface area contributed by atoms with E-state index in [1.165, 1.54) is 4.90 Å². The Kier molecular flexibility index (Phi) is 7.45. The number of nitrogens with one attached hydrogen (secondary N) is 1. The lowest BCUT2D eigenvalue weighted by atomic mass is 10.1. The third kappa shape index (κ3) is 6.73. The fourth-order valence-corrected chi connectivity index (χ4v) is 3.23. The van der Waals surface area contributed by atoms with Gasteiger partial charge in [-0.3, -0.25) is 0 Å². The Morgan fingerprint density at radius 1 is 1.22 bits per heavy atom. The molecule has 1 fully saturated rings. The van der Waals surface area contributed by atoms with E-state index in [0.29, 0.717) is 12.8 Å². The van der Waals surface area contributed by atoms with E-state index in [9.17, 15) is 14.0 Å². The summed E-state index contributed by atoms with van der Waals surface area (Å²) in [6.07, 6.45) is 1.12. The summed E-state index contributed by atoms with van der Waals surface area (Å²) in [5.74, 6) is 0. The smallest absolute Gasteiger partial charge is 0.410 e. The van der Waals surface area contributed by atoms with Crippen LogP contribution in [0.2, 0.25) is 0 Å². The number of carbonyl (C=O) groups is 2. The summed E-state index contributed by atoms with van der Waals surface area (Å²) in [5, 5.41) is 2.82. The lowest BCUT2D eigenvalue weighted by molar-refractivity contribution is 0.0441. The zero-order chi connectivity index (χ0) is 19.9. The molecule has 0 saturated heterocycles. The highest BCUT2D eigenvalue weighted by atomic mass is 19.1. The summed E-state index contributed by atoms with van der Waals surface area (Å²) in [4.78, 5) is 26.0. The van der Waals surface area contributed by atoms with E-state index in [2.05, 4.69) is 5.32 Å². The van der Waals surface area contributed by atoms with Gasteiger partial charge < -0.3 is 19.7 Å². The predicted molar refractivity (Wildman–Crippen MR) is 100 cm³/mol. The molecule has 2 rings (SSSR count). The Balaban J connectivity index is 1.98. The maximum atomic E-state index is 13.1. The van der Waals surface area contributed by atoms with Crippen molar-refractivity contribution in [1.29, 1.82) is 0 Å². The van der Waals surface area contributed by atoms with Crippen LogP contribution in [0.25, 0.3) is 0 Å². The molecular formula is C20H29FN2O4. The van der Waals surface area contributed by atoms with Crippen molar-refractivity contribution < 1.29 is 23.5 Å². The van der Waals surface area contributed by atoms with Gasteiger partial charge >= 0.3 is 12.2 Å². The first kappa shape index (κ1) is 21.0. The number of halogens is 1. The molecule has 0 aromatic heterocycles. The molecule has 1 aliphatic rings. The molecule has 6 nitrogen and oxygen atoms in total. The van der Waals surface area contributed by atoms with Crippen molar-refractivity contribution in [2.24, 2.45) is 0 Å². The van der Waals surface area contributed by atoms with Crippen LogP contribution in [0.1, 0.15) is 45.6 Å². The molecule has 0 spiro atoms. The number of nitrogens with zero attached hydrogens (tertiary/aromatic N) is 1. The van der Waals surface area contributed by atoms with Gasteiger partial charge in [-0.05, 0) is 45.6 Å². The van der Waals surface area contributed by atoms with E-state index < -0.39 is 24.5 Å². The first-order chi connectivity index (χ1) is 12.8. The molecule has 7 heteroatoms. The third-order valence-electron chi connectivity index (χ3n) is 4.35. The van der Waals surface area contributed by atoms with Gasteiger partial charge in [-0.2, -0.15) is 0 Å². The van der Waals surface area contributed by atoms with Crippen molar-refractivity contribution >= 4 is 12.2 Å². The minimum atomic E-state index is -0.671. The van der Waals surface area contributed by atoms with Gasteiger partial charge in [0.2, 0.25) is 0 Å². The average molecular weight is 380 g/mol. The van der Waals surface area contributed by atoms with Crippen molar-refractivity contribution in [3.05, 3.63) is 35.9 Å². The molecule has 0 bridgehead atoms. The number of rotatable bonds is 6. The second-order valence-electron chi connectivity index (χ2n) is 7.67. The Bertz CT molecular complexity index is 618. The monoisotopic (exact) mass is 380 g/mol. The minimum Gasteiger partial charge on any atom is -0.445 e. The number of alkyl carbamates (subject to hydrolysis) is 1. The molecule has 2 atom stereocenters. The second-order valence-corrected chi connectivity index (χ2v) is 7.67. The van der Waals surface area contributed by atoms with Crippen LogP contribution in [0.15, 0.2) is 30.3 Å². The summed E-state index contributed by atoms with van der Waals surface area (Å²) in [6, 6.07) is 8.73. The van der Waals surface area contributed by atoms with Crippen molar-refractivity contribution in [1.82, 2.24) is 10.2 Å². The van der Waals surface area contributed by atoms with Gasteiger partial charge in [0, 0.05) is 0 Å². The molecule has 1 aliphatic carbocycles. The van der Waals surface area contributed by atoms with Crippen LogP contribution in [0, 0.1) is 0 Å². The summed E-state index contributed by atoms with van der Waals surface area (Å²) < 4.78 is 23.7. The van der Waals surface area contributed by atoms with Crippen LogP contribution in [-0.2, 0) is 16.1 Å². The number of ether oxygens (including phenoxy) is 2. The zero-order valence-corrected chi connectivity index (χ0v) is 16.2. The summed E-state index contributed by atoms with van der Waals surface area (Å²) in [5.41, 5.74) is 0.256. The first-order valence-corrected chi connectivity index (χ1v) is 9.33. The van der Waals surface area contributed by atoms with Gasteiger partial charge in [0.15, 0.2) is 0 Å². The van der Waals surface area contributed by atoms with Crippen LogP contribution >= 0.6 is 0 Å². The van der Waals surface area contributed by atoms with E-state index in [0.717, 1.165) is 12.0 Å². The van der Waals surface area contributed by atoms with Crippen LogP contribution in [0.3, 0.4) is 0 Å². The van der Waals surface area contributed by atoms with Crippen LogP contribution < -0.4 is 5.32 Å². The molecular weight excluding hydrogens is 351 g/mol. The van der Waals surface area contributed by atoms with E-state index in [4.69, 9.17) is 9.47 Å². The van der Waals surface area contributed by atoms with Crippen molar-refractivity contribution in [3.8, 4) is 0 Å². The highest BCUT2D eigenvalue weighted by molar-refractivity contribution is 5.70. The molecule has 27 heavy (non-hydrogen) atoms. The van der Waals surface area contributed by atoms with Crippen molar-refractivity contribution in [3.63, 3.8) is 0 Å². The zero-order valence-electron chi connectivity index (χ0n) is 16.2. The number of amides is 2. The molecule has 2 amide bonds. The lowest BCUT2D eigenvalue weighted by Crippen LogP contribution is -2.52. The minimum absolute atomic E-state index is 0.0647. The maximum absolute atomic E-state index is 13.1. The van der Waals surface area contributed by atoms with E-state index >= 15 is 0 Å². The topological polar surface area (TPSA) is 67.9 Å². The first-order valence-electron chi connectivity index (χ1n) is 9.33. The molecule has 0 aliphatic heterocycles. The number of carbonyl (C=O) groups excluding carboxylic acids is 2. The quantitative estimate of drug-likeness (QED) is 0.809. The molecule has 0 radical (unpaired) electrons. The van der Waals surface area contributed by atoms with Crippen LogP contribution in [0.4, 0.5) is 14.0 Å². The number of benzene rings is 1. The van der Waals surface area contributed by atoms with Crippen molar-refractivity contribution in [2.75, 3.05) is 13.2 Å². The second kappa shape index (κ2) is 9.58. The normalized spacial score (nSPS) is 19.4. The van der Waals surface area contributed by atoms with E-state index in [1.54, 1.807) is 20.8 Å². The molecule has 0 unspecified atom stereocenters. The Labute approximate surface area is 160 Å². The van der Waals surface area contributed by atoms with Gasteiger partial charge in [0.25, 0.3) is 0 Å². The van der Waals surface area contributed by atoms with Crippen LogP contribution in [0.5, 0.6) is 0 Å². The number of alkyl halides is 1. The largest absolute Gasteiger partial charge is 0.445 e. The SMILES string of the molecule is CC(C)(C)OC(=O)N[C@H]1CCC[C@@H]1N(CCF)C(=O)OCc1ccccc1. The molecule has 1 N–H and O–H groups in total. The van der Waals surface area contributed by atoms with Gasteiger partial charge in [-0.1, -0.05) is 30.3 Å². The van der Waals surface area contributed by atoms with Gasteiger partial charge in [0.1, 0.15) is 18.9 Å². The lowest BCUT2D eigenvalue weighted by Gasteiger charge is -2.32.